The lowest BCUT2D eigenvalue weighted by Gasteiger charge is -2.17. The molecule has 0 saturated carbocycles. The lowest BCUT2D eigenvalue weighted by atomic mass is 10.1. The summed E-state index contributed by atoms with van der Waals surface area (Å²) in [6.45, 7) is 0.679. The molecular weight excluding hydrogens is 260 g/mol. The van der Waals surface area contributed by atoms with E-state index >= 15 is 0 Å². The van der Waals surface area contributed by atoms with Gasteiger partial charge in [0.15, 0.2) is 0 Å². The average molecular weight is 273 g/mol. The standard InChI is InChI=1S/C11H13ClN2O4/c1-13(6-7-18-2)11(15)10-8(12)4-3-5-9(10)14(16)17/h3-5H,6-7H2,1-2H3. The first-order valence-electron chi connectivity index (χ1n) is 5.16. The number of halogens is 1. The fourth-order valence-electron chi connectivity index (χ4n) is 1.40. The van der Waals surface area contributed by atoms with Gasteiger partial charge in [-0.3, -0.25) is 14.9 Å². The number of hydrogen-bond donors (Lipinski definition) is 0. The Kier molecular flexibility index (Phi) is 5.06. The van der Waals surface area contributed by atoms with Crippen molar-refractivity contribution in [2.24, 2.45) is 0 Å². The van der Waals surface area contributed by atoms with Crippen molar-refractivity contribution in [2.45, 2.75) is 0 Å². The third-order valence-corrected chi connectivity index (χ3v) is 2.69. The molecule has 0 bridgehead atoms. The largest absolute Gasteiger partial charge is 0.383 e. The van der Waals surface area contributed by atoms with Crippen molar-refractivity contribution < 1.29 is 14.5 Å². The molecule has 1 aromatic rings. The van der Waals surface area contributed by atoms with E-state index in [2.05, 4.69) is 0 Å². The van der Waals surface area contributed by atoms with E-state index in [0.717, 1.165) is 0 Å². The fourth-order valence-corrected chi connectivity index (χ4v) is 1.65. The molecule has 0 heterocycles. The van der Waals surface area contributed by atoms with Crippen LogP contribution in [0.5, 0.6) is 0 Å². The van der Waals surface area contributed by atoms with Gasteiger partial charge < -0.3 is 9.64 Å². The Bertz CT molecular complexity index is 464. The van der Waals surface area contributed by atoms with Crippen LogP contribution in [-0.2, 0) is 4.74 Å². The highest BCUT2D eigenvalue weighted by Crippen LogP contribution is 2.27. The van der Waals surface area contributed by atoms with Gasteiger partial charge in [0, 0.05) is 26.8 Å². The number of ether oxygens (including phenoxy) is 1. The fraction of sp³-hybridized carbons (Fsp3) is 0.364. The quantitative estimate of drug-likeness (QED) is 0.607. The summed E-state index contributed by atoms with van der Waals surface area (Å²) in [7, 11) is 3.05. The highest BCUT2D eigenvalue weighted by molar-refractivity contribution is 6.34. The third kappa shape index (κ3) is 3.18. The van der Waals surface area contributed by atoms with Crippen LogP contribution in [0.4, 0.5) is 5.69 Å². The Morgan fingerprint density at radius 2 is 2.22 bits per heavy atom. The number of amides is 1. The van der Waals surface area contributed by atoms with E-state index in [0.29, 0.717) is 13.2 Å². The summed E-state index contributed by atoms with van der Waals surface area (Å²) in [6.07, 6.45) is 0. The molecule has 0 saturated heterocycles. The van der Waals surface area contributed by atoms with Crippen LogP contribution in [0, 0.1) is 10.1 Å². The molecule has 18 heavy (non-hydrogen) atoms. The molecule has 0 N–H and O–H groups in total. The SMILES string of the molecule is COCCN(C)C(=O)c1c(Cl)cccc1[N+](=O)[O-]. The van der Waals surface area contributed by atoms with E-state index in [-0.39, 0.29) is 16.3 Å². The van der Waals surface area contributed by atoms with Gasteiger partial charge in [-0.05, 0) is 6.07 Å². The lowest BCUT2D eigenvalue weighted by molar-refractivity contribution is -0.385. The van der Waals surface area contributed by atoms with Gasteiger partial charge in [0.05, 0.1) is 16.6 Å². The van der Waals surface area contributed by atoms with Crippen LogP contribution >= 0.6 is 11.6 Å². The van der Waals surface area contributed by atoms with Crippen LogP contribution in [0.2, 0.25) is 5.02 Å². The predicted molar refractivity (Wildman–Crippen MR) is 66.9 cm³/mol. The van der Waals surface area contributed by atoms with Gasteiger partial charge in [0.25, 0.3) is 11.6 Å². The monoisotopic (exact) mass is 272 g/mol. The second-order valence-electron chi connectivity index (χ2n) is 3.61. The second-order valence-corrected chi connectivity index (χ2v) is 4.02. The van der Waals surface area contributed by atoms with E-state index in [1.165, 1.54) is 37.3 Å². The molecular formula is C11H13ClN2O4. The highest BCUT2D eigenvalue weighted by atomic mass is 35.5. The van der Waals surface area contributed by atoms with Gasteiger partial charge >= 0.3 is 0 Å². The van der Waals surface area contributed by atoms with E-state index in [1.54, 1.807) is 0 Å². The van der Waals surface area contributed by atoms with Crippen LogP contribution in [0.25, 0.3) is 0 Å². The van der Waals surface area contributed by atoms with Crippen LogP contribution < -0.4 is 0 Å². The predicted octanol–water partition coefficient (Wildman–Crippen LogP) is 1.97. The third-order valence-electron chi connectivity index (χ3n) is 2.38. The number of nitro groups is 1. The Labute approximate surface area is 109 Å². The van der Waals surface area contributed by atoms with Gasteiger partial charge in [0.2, 0.25) is 0 Å². The molecule has 0 radical (unpaired) electrons. The first kappa shape index (κ1) is 14.4. The number of carbonyl (C=O) groups is 1. The van der Waals surface area contributed by atoms with Gasteiger partial charge in [-0.25, -0.2) is 0 Å². The number of likely N-dealkylation sites (N-methyl/N-ethyl adjacent to an activating group) is 1. The summed E-state index contributed by atoms with van der Waals surface area (Å²) in [4.78, 5) is 23.7. The van der Waals surface area contributed by atoms with Crippen molar-refractivity contribution in [2.75, 3.05) is 27.3 Å². The molecule has 0 aromatic heterocycles. The molecule has 0 aliphatic heterocycles. The van der Waals surface area contributed by atoms with Gasteiger partial charge in [-0.2, -0.15) is 0 Å². The van der Waals surface area contributed by atoms with Crippen LogP contribution in [-0.4, -0.2) is 43.0 Å². The van der Waals surface area contributed by atoms with Crippen LogP contribution in [0.1, 0.15) is 10.4 Å². The first-order valence-corrected chi connectivity index (χ1v) is 5.54. The van der Waals surface area contributed by atoms with Crippen LogP contribution in [0.15, 0.2) is 18.2 Å². The Hall–Kier alpha value is -1.66. The van der Waals surface area contributed by atoms with E-state index in [4.69, 9.17) is 16.3 Å². The summed E-state index contributed by atoms with van der Waals surface area (Å²) in [5, 5.41) is 10.9. The molecule has 0 atom stereocenters. The highest BCUT2D eigenvalue weighted by Gasteiger charge is 2.25. The maximum absolute atomic E-state index is 12.1. The number of benzene rings is 1. The number of rotatable bonds is 5. The van der Waals surface area contributed by atoms with Gasteiger partial charge in [-0.1, -0.05) is 17.7 Å². The van der Waals surface area contributed by atoms with E-state index < -0.39 is 10.8 Å². The molecule has 0 aliphatic rings. The van der Waals surface area contributed by atoms with Crippen molar-refractivity contribution in [1.82, 2.24) is 4.90 Å². The summed E-state index contributed by atoms with van der Waals surface area (Å²) < 4.78 is 4.85. The van der Waals surface area contributed by atoms with Crippen molar-refractivity contribution in [1.29, 1.82) is 0 Å². The summed E-state index contributed by atoms with van der Waals surface area (Å²) in [5.74, 6) is -0.496. The number of nitrogens with zero attached hydrogens (tertiary/aromatic N) is 2. The zero-order valence-corrected chi connectivity index (χ0v) is 10.8. The number of methoxy groups -OCH3 is 1. The van der Waals surface area contributed by atoms with Crippen molar-refractivity contribution in [3.05, 3.63) is 38.9 Å². The number of carbonyl (C=O) groups excluding carboxylic acids is 1. The molecule has 6 nitrogen and oxygen atoms in total. The average Bonchev–Trinajstić information content (AvgIpc) is 2.34. The molecule has 1 rings (SSSR count). The summed E-state index contributed by atoms with van der Waals surface area (Å²) >= 11 is 5.86. The molecule has 0 unspecified atom stereocenters. The van der Waals surface area contributed by atoms with Crippen LogP contribution in [0.3, 0.4) is 0 Å². The molecule has 98 valence electrons. The lowest BCUT2D eigenvalue weighted by Crippen LogP contribution is -2.30. The van der Waals surface area contributed by atoms with Crippen molar-refractivity contribution in [3.63, 3.8) is 0 Å². The van der Waals surface area contributed by atoms with E-state index in [1.807, 2.05) is 0 Å². The minimum atomic E-state index is -0.622. The zero-order chi connectivity index (χ0) is 13.7. The van der Waals surface area contributed by atoms with Gasteiger partial charge in [0.1, 0.15) is 5.56 Å². The maximum atomic E-state index is 12.1. The molecule has 0 aliphatic carbocycles. The van der Waals surface area contributed by atoms with Crippen molar-refractivity contribution in [3.8, 4) is 0 Å². The number of hydrogen-bond acceptors (Lipinski definition) is 4. The Morgan fingerprint density at radius 3 is 2.78 bits per heavy atom. The second kappa shape index (κ2) is 6.32. The minimum Gasteiger partial charge on any atom is -0.383 e. The maximum Gasteiger partial charge on any atom is 0.283 e. The van der Waals surface area contributed by atoms with Gasteiger partial charge in [-0.15, -0.1) is 0 Å². The number of nitro benzene ring substituents is 1. The first-order chi connectivity index (χ1) is 8.49. The Morgan fingerprint density at radius 1 is 1.56 bits per heavy atom. The topological polar surface area (TPSA) is 72.7 Å². The van der Waals surface area contributed by atoms with Crippen molar-refractivity contribution >= 4 is 23.2 Å². The smallest absolute Gasteiger partial charge is 0.283 e. The zero-order valence-electron chi connectivity index (χ0n) is 10.1. The molecule has 1 amide bonds. The van der Waals surface area contributed by atoms with E-state index in [9.17, 15) is 14.9 Å². The Balaban J connectivity index is 3.08. The normalized spacial score (nSPS) is 10.2. The summed E-state index contributed by atoms with van der Waals surface area (Å²) in [6, 6.07) is 4.14. The minimum absolute atomic E-state index is 0.0680. The molecule has 1 aromatic carbocycles. The summed E-state index contributed by atoms with van der Waals surface area (Å²) in [5.41, 5.74) is -0.389. The molecule has 0 spiro atoms. The molecule has 0 fully saturated rings. The molecule has 7 heteroatoms.